The molecule has 0 bridgehead atoms. The molecule has 4 rings (SSSR count). The summed E-state index contributed by atoms with van der Waals surface area (Å²) in [6.45, 7) is 3.41. The van der Waals surface area contributed by atoms with Crippen molar-refractivity contribution in [2.45, 2.75) is 32.0 Å². The summed E-state index contributed by atoms with van der Waals surface area (Å²) in [5.41, 5.74) is 3.46. The molecule has 104 valence electrons. The molecule has 5 heteroatoms. The number of fused-ring (bicyclic) bond motifs is 1. The Hall–Kier alpha value is -1.72. The van der Waals surface area contributed by atoms with E-state index in [4.69, 9.17) is 9.26 Å². The summed E-state index contributed by atoms with van der Waals surface area (Å²) in [7, 11) is 0. The van der Waals surface area contributed by atoms with Crippen molar-refractivity contribution in [2.24, 2.45) is 0 Å². The largest absolute Gasteiger partial charge is 0.372 e. The fraction of sp³-hybridized carbons (Fsp3) is 0.467. The molecule has 20 heavy (non-hydrogen) atoms. The number of benzene rings is 1. The minimum Gasteiger partial charge on any atom is -0.372 e. The minimum atomic E-state index is 0.374. The topological polar surface area (TPSA) is 60.2 Å². The first kappa shape index (κ1) is 12.1. The van der Waals surface area contributed by atoms with Gasteiger partial charge in [0.05, 0.1) is 13.2 Å². The summed E-state index contributed by atoms with van der Waals surface area (Å²) in [6, 6.07) is 6.21. The second-order valence-corrected chi connectivity index (χ2v) is 5.48. The highest BCUT2D eigenvalue weighted by Gasteiger charge is 2.21. The van der Waals surface area contributed by atoms with Crippen molar-refractivity contribution in [3.8, 4) is 11.5 Å². The predicted octanol–water partition coefficient (Wildman–Crippen LogP) is 2.23. The lowest BCUT2D eigenvalue weighted by molar-refractivity contribution is 0.134. The molecule has 0 amide bonds. The zero-order valence-electron chi connectivity index (χ0n) is 11.3. The number of aromatic nitrogens is 2. The molecule has 1 atom stereocenters. The van der Waals surface area contributed by atoms with Crippen LogP contribution in [0.5, 0.6) is 0 Å². The standard InChI is InChI=1S/C15H17N3O2/c1-2-11(7-16-5-1)14-17-15(20-18-14)10-3-4-12-8-19-9-13(12)6-10/h3-4,6,11,16H,1-2,5,7-9H2. The monoisotopic (exact) mass is 271 g/mol. The molecule has 0 saturated carbocycles. The Balaban J connectivity index is 1.61. The summed E-state index contributed by atoms with van der Waals surface area (Å²) in [5.74, 6) is 1.81. The van der Waals surface area contributed by atoms with Crippen molar-refractivity contribution in [1.82, 2.24) is 15.5 Å². The average molecular weight is 271 g/mol. The summed E-state index contributed by atoms with van der Waals surface area (Å²) < 4.78 is 10.9. The van der Waals surface area contributed by atoms with Crippen LogP contribution in [-0.2, 0) is 18.0 Å². The van der Waals surface area contributed by atoms with Crippen LogP contribution in [0.1, 0.15) is 35.7 Å². The van der Waals surface area contributed by atoms with Gasteiger partial charge in [0.15, 0.2) is 5.82 Å². The molecule has 0 spiro atoms. The van der Waals surface area contributed by atoms with E-state index in [-0.39, 0.29) is 0 Å². The van der Waals surface area contributed by atoms with Crippen LogP contribution in [0.15, 0.2) is 22.7 Å². The van der Waals surface area contributed by atoms with E-state index in [0.717, 1.165) is 30.9 Å². The van der Waals surface area contributed by atoms with Crippen LogP contribution < -0.4 is 5.32 Å². The van der Waals surface area contributed by atoms with Gasteiger partial charge in [-0.1, -0.05) is 11.2 Å². The average Bonchev–Trinajstić information content (AvgIpc) is 3.16. The van der Waals surface area contributed by atoms with Gasteiger partial charge in [0.1, 0.15) is 0 Å². The van der Waals surface area contributed by atoms with Crippen molar-refractivity contribution in [3.63, 3.8) is 0 Å². The van der Waals surface area contributed by atoms with Gasteiger partial charge in [-0.2, -0.15) is 4.98 Å². The van der Waals surface area contributed by atoms with Gasteiger partial charge < -0.3 is 14.6 Å². The van der Waals surface area contributed by atoms with E-state index in [9.17, 15) is 0 Å². The number of hydrogen-bond donors (Lipinski definition) is 1. The lowest BCUT2D eigenvalue weighted by Crippen LogP contribution is -2.28. The van der Waals surface area contributed by atoms with Crippen LogP contribution in [0, 0.1) is 0 Å². The number of hydrogen-bond acceptors (Lipinski definition) is 5. The van der Waals surface area contributed by atoms with Crippen molar-refractivity contribution >= 4 is 0 Å². The summed E-state index contributed by atoms with van der Waals surface area (Å²) in [5, 5.41) is 7.53. The number of nitrogens with zero attached hydrogens (tertiary/aromatic N) is 2. The zero-order chi connectivity index (χ0) is 13.4. The van der Waals surface area contributed by atoms with E-state index in [1.807, 2.05) is 6.07 Å². The number of ether oxygens (including phenoxy) is 1. The maximum atomic E-state index is 5.43. The van der Waals surface area contributed by atoms with Gasteiger partial charge >= 0.3 is 0 Å². The highest BCUT2D eigenvalue weighted by molar-refractivity contribution is 5.56. The Morgan fingerprint density at radius 3 is 3.05 bits per heavy atom. The van der Waals surface area contributed by atoms with Crippen molar-refractivity contribution in [3.05, 3.63) is 35.2 Å². The molecule has 1 saturated heterocycles. The second kappa shape index (κ2) is 5.00. The molecular formula is C15H17N3O2. The first-order chi connectivity index (χ1) is 9.90. The smallest absolute Gasteiger partial charge is 0.257 e. The Morgan fingerprint density at radius 2 is 2.15 bits per heavy atom. The third-order valence-corrected chi connectivity index (χ3v) is 4.07. The number of rotatable bonds is 2. The van der Waals surface area contributed by atoms with E-state index in [2.05, 4.69) is 27.6 Å². The molecule has 1 N–H and O–H groups in total. The van der Waals surface area contributed by atoms with Crippen LogP contribution in [-0.4, -0.2) is 23.2 Å². The third-order valence-electron chi connectivity index (χ3n) is 4.07. The molecule has 0 aliphatic carbocycles. The van der Waals surface area contributed by atoms with Gasteiger partial charge in [0.25, 0.3) is 5.89 Å². The normalized spacial score (nSPS) is 21.9. The molecule has 5 nitrogen and oxygen atoms in total. The SMILES string of the molecule is c1cc2c(cc1-c1nc(C3CCCNC3)no1)COC2. The predicted molar refractivity (Wildman–Crippen MR) is 73.1 cm³/mol. The zero-order valence-corrected chi connectivity index (χ0v) is 11.3. The molecule has 1 unspecified atom stereocenters. The van der Waals surface area contributed by atoms with Gasteiger partial charge in [0.2, 0.25) is 0 Å². The lowest BCUT2D eigenvalue weighted by atomic mass is 9.99. The second-order valence-electron chi connectivity index (χ2n) is 5.48. The highest BCUT2D eigenvalue weighted by atomic mass is 16.5. The van der Waals surface area contributed by atoms with Gasteiger partial charge in [-0.05, 0) is 42.6 Å². The molecule has 2 aliphatic rings. The summed E-state index contributed by atoms with van der Waals surface area (Å²) in [6.07, 6.45) is 2.30. The first-order valence-corrected chi connectivity index (χ1v) is 7.14. The van der Waals surface area contributed by atoms with Gasteiger partial charge in [-0.15, -0.1) is 0 Å². The Morgan fingerprint density at radius 1 is 1.20 bits per heavy atom. The number of piperidine rings is 1. The van der Waals surface area contributed by atoms with Crippen molar-refractivity contribution in [1.29, 1.82) is 0 Å². The van der Waals surface area contributed by atoms with E-state index in [1.165, 1.54) is 17.5 Å². The molecule has 0 radical (unpaired) electrons. The molecule has 1 aromatic heterocycles. The van der Waals surface area contributed by atoms with E-state index < -0.39 is 0 Å². The maximum absolute atomic E-state index is 5.43. The Bertz CT molecular complexity index is 617. The van der Waals surface area contributed by atoms with E-state index in [1.54, 1.807) is 0 Å². The van der Waals surface area contributed by atoms with Crippen molar-refractivity contribution in [2.75, 3.05) is 13.1 Å². The highest BCUT2D eigenvalue weighted by Crippen LogP contribution is 2.28. The van der Waals surface area contributed by atoms with Crippen molar-refractivity contribution < 1.29 is 9.26 Å². The van der Waals surface area contributed by atoms with Crippen LogP contribution >= 0.6 is 0 Å². The fourth-order valence-electron chi connectivity index (χ4n) is 2.90. The van der Waals surface area contributed by atoms with Crippen LogP contribution in [0.25, 0.3) is 11.5 Å². The maximum Gasteiger partial charge on any atom is 0.257 e. The van der Waals surface area contributed by atoms with Crippen LogP contribution in [0.2, 0.25) is 0 Å². The molecule has 3 heterocycles. The minimum absolute atomic E-state index is 0.374. The van der Waals surface area contributed by atoms with Gasteiger partial charge in [0, 0.05) is 18.0 Å². The Labute approximate surface area is 117 Å². The molecule has 2 aromatic rings. The molecular weight excluding hydrogens is 254 g/mol. The number of nitrogens with one attached hydrogen (secondary N) is 1. The van der Waals surface area contributed by atoms with E-state index >= 15 is 0 Å². The molecule has 1 fully saturated rings. The van der Waals surface area contributed by atoms with E-state index in [0.29, 0.717) is 25.0 Å². The third kappa shape index (κ3) is 2.13. The summed E-state index contributed by atoms with van der Waals surface area (Å²) in [4.78, 5) is 4.57. The fourth-order valence-corrected chi connectivity index (χ4v) is 2.90. The van der Waals surface area contributed by atoms with Crippen LogP contribution in [0.3, 0.4) is 0 Å². The van der Waals surface area contributed by atoms with Gasteiger partial charge in [-0.25, -0.2) is 0 Å². The van der Waals surface area contributed by atoms with Gasteiger partial charge in [-0.3, -0.25) is 0 Å². The van der Waals surface area contributed by atoms with Crippen LogP contribution in [0.4, 0.5) is 0 Å². The summed E-state index contributed by atoms with van der Waals surface area (Å²) >= 11 is 0. The Kier molecular flexibility index (Phi) is 3.01. The molecule has 1 aromatic carbocycles. The first-order valence-electron chi connectivity index (χ1n) is 7.14. The lowest BCUT2D eigenvalue weighted by Gasteiger charge is -2.19. The quantitative estimate of drug-likeness (QED) is 0.907. The molecule has 2 aliphatic heterocycles.